The largest absolute Gasteiger partial charge is 0.459 e. The second kappa shape index (κ2) is 11.5. The molecule has 0 aliphatic carbocycles. The second-order valence-electron chi connectivity index (χ2n) is 8.51. The smallest absolute Gasteiger partial charge is 0.291 e. The summed E-state index contributed by atoms with van der Waals surface area (Å²) in [6.07, 6.45) is 2.91. The fourth-order valence-corrected chi connectivity index (χ4v) is 4.00. The minimum Gasteiger partial charge on any atom is -0.459 e. The third-order valence-electron chi connectivity index (χ3n) is 5.83. The maximum atomic E-state index is 13.8. The van der Waals surface area contributed by atoms with Gasteiger partial charge in [-0.25, -0.2) is 4.39 Å². The maximum Gasteiger partial charge on any atom is 0.291 e. The summed E-state index contributed by atoms with van der Waals surface area (Å²) in [5, 5.41) is 2.85. The molecule has 0 fully saturated rings. The molecular formula is C27H32FN3O3. The predicted molar refractivity (Wildman–Crippen MR) is 132 cm³/mol. The van der Waals surface area contributed by atoms with E-state index in [-0.39, 0.29) is 29.3 Å². The summed E-state index contributed by atoms with van der Waals surface area (Å²) >= 11 is 0. The average molecular weight is 466 g/mol. The summed E-state index contributed by atoms with van der Waals surface area (Å²) in [6, 6.07) is 15.2. The highest BCUT2D eigenvalue weighted by Crippen LogP contribution is 2.27. The normalized spacial score (nSPS) is 10.9. The molecule has 0 atom stereocenters. The van der Waals surface area contributed by atoms with E-state index >= 15 is 0 Å². The molecule has 2 aromatic carbocycles. The first-order valence-electron chi connectivity index (χ1n) is 11.5. The molecule has 34 heavy (non-hydrogen) atoms. The van der Waals surface area contributed by atoms with Crippen molar-refractivity contribution in [2.45, 2.75) is 39.8 Å². The molecule has 1 aromatic heterocycles. The highest BCUT2D eigenvalue weighted by atomic mass is 19.1. The van der Waals surface area contributed by atoms with E-state index in [2.05, 4.69) is 5.32 Å². The molecule has 0 saturated heterocycles. The van der Waals surface area contributed by atoms with Gasteiger partial charge in [-0.05, 0) is 66.4 Å². The van der Waals surface area contributed by atoms with Crippen LogP contribution in [0.4, 0.5) is 15.8 Å². The monoisotopic (exact) mass is 465 g/mol. The van der Waals surface area contributed by atoms with Crippen molar-refractivity contribution < 1.29 is 18.4 Å². The highest BCUT2D eigenvalue weighted by Gasteiger charge is 2.23. The molecule has 2 amide bonds. The van der Waals surface area contributed by atoms with Crippen molar-refractivity contribution in [1.29, 1.82) is 0 Å². The van der Waals surface area contributed by atoms with Crippen LogP contribution in [0.2, 0.25) is 0 Å². The molecule has 1 heterocycles. The fraction of sp³-hybridized carbons (Fsp3) is 0.333. The van der Waals surface area contributed by atoms with Gasteiger partial charge in [0.25, 0.3) is 5.91 Å². The number of halogens is 1. The van der Waals surface area contributed by atoms with Crippen LogP contribution in [0.1, 0.15) is 48.4 Å². The first-order chi connectivity index (χ1) is 16.3. The van der Waals surface area contributed by atoms with Crippen LogP contribution in [0.5, 0.6) is 0 Å². The number of nitrogens with one attached hydrogen (secondary N) is 1. The average Bonchev–Trinajstić information content (AvgIpc) is 3.35. The zero-order valence-electron chi connectivity index (χ0n) is 20.2. The van der Waals surface area contributed by atoms with Gasteiger partial charge in [-0.2, -0.15) is 0 Å². The van der Waals surface area contributed by atoms with Crippen LogP contribution in [-0.2, 0) is 17.9 Å². The Labute approximate surface area is 200 Å². The van der Waals surface area contributed by atoms with Gasteiger partial charge in [0.05, 0.1) is 6.26 Å². The van der Waals surface area contributed by atoms with Crippen LogP contribution in [0.25, 0.3) is 0 Å². The zero-order chi connectivity index (χ0) is 24.7. The van der Waals surface area contributed by atoms with Gasteiger partial charge in [-0.3, -0.25) is 9.59 Å². The van der Waals surface area contributed by atoms with Gasteiger partial charge < -0.3 is 19.5 Å². The van der Waals surface area contributed by atoms with E-state index in [9.17, 15) is 14.0 Å². The van der Waals surface area contributed by atoms with Crippen molar-refractivity contribution in [2.75, 3.05) is 24.3 Å². The van der Waals surface area contributed by atoms with Crippen LogP contribution in [0.3, 0.4) is 0 Å². The lowest BCUT2D eigenvalue weighted by Gasteiger charge is -2.29. The summed E-state index contributed by atoms with van der Waals surface area (Å²) in [4.78, 5) is 29.6. The standard InChI is InChI=1S/C27H32FN3O3/c1-5-20(6-2)27(33)31(17-19-9-7-10-22(28)15-19)18-21-16-23(12-13-24(21)30(3)4)29-26(32)25-11-8-14-34-25/h7-16,20H,5-6,17-18H2,1-4H3,(H,29,32). The van der Waals surface area contributed by atoms with Crippen molar-refractivity contribution in [1.82, 2.24) is 4.90 Å². The van der Waals surface area contributed by atoms with Crippen LogP contribution in [0, 0.1) is 11.7 Å². The molecule has 0 aliphatic heterocycles. The number of hydrogen-bond donors (Lipinski definition) is 1. The van der Waals surface area contributed by atoms with Gasteiger partial charge in [0.2, 0.25) is 5.91 Å². The van der Waals surface area contributed by atoms with Gasteiger partial charge in [-0.15, -0.1) is 0 Å². The summed E-state index contributed by atoms with van der Waals surface area (Å²) in [6.45, 7) is 4.62. The molecule has 180 valence electrons. The molecule has 1 N–H and O–H groups in total. The Hall–Kier alpha value is -3.61. The summed E-state index contributed by atoms with van der Waals surface area (Å²) in [5.74, 6) is -0.542. The number of anilines is 2. The Morgan fingerprint density at radius 1 is 1.00 bits per heavy atom. The van der Waals surface area contributed by atoms with Gasteiger partial charge >= 0.3 is 0 Å². The number of amides is 2. The Balaban J connectivity index is 1.93. The summed E-state index contributed by atoms with van der Waals surface area (Å²) in [5.41, 5.74) is 3.13. The topological polar surface area (TPSA) is 65.8 Å². The first-order valence-corrected chi connectivity index (χ1v) is 11.5. The van der Waals surface area contributed by atoms with Gasteiger partial charge in [0.15, 0.2) is 5.76 Å². The Morgan fingerprint density at radius 2 is 1.76 bits per heavy atom. The number of nitrogens with zero attached hydrogens (tertiary/aromatic N) is 2. The SMILES string of the molecule is CCC(CC)C(=O)N(Cc1cccc(F)c1)Cc1cc(NC(=O)c2ccco2)ccc1N(C)C. The molecule has 6 nitrogen and oxygen atoms in total. The molecule has 0 radical (unpaired) electrons. The van der Waals surface area contributed by atoms with Crippen molar-refractivity contribution in [3.8, 4) is 0 Å². The van der Waals surface area contributed by atoms with Crippen molar-refractivity contribution >= 4 is 23.2 Å². The molecule has 0 saturated carbocycles. The third kappa shape index (κ3) is 6.25. The summed E-state index contributed by atoms with van der Waals surface area (Å²) < 4.78 is 19.0. The van der Waals surface area contributed by atoms with Gasteiger partial charge in [0, 0.05) is 44.5 Å². The van der Waals surface area contributed by atoms with E-state index in [0.29, 0.717) is 18.8 Å². The van der Waals surface area contributed by atoms with Crippen LogP contribution in [0.15, 0.2) is 65.3 Å². The zero-order valence-corrected chi connectivity index (χ0v) is 20.2. The number of benzene rings is 2. The van der Waals surface area contributed by atoms with Crippen LogP contribution in [-0.4, -0.2) is 30.8 Å². The number of carbonyl (C=O) groups excluding carboxylic acids is 2. The van der Waals surface area contributed by atoms with Crippen molar-refractivity contribution in [3.05, 3.63) is 83.6 Å². The van der Waals surface area contributed by atoms with E-state index in [1.807, 2.05) is 57.1 Å². The number of carbonyl (C=O) groups is 2. The Kier molecular flexibility index (Phi) is 8.46. The van der Waals surface area contributed by atoms with Crippen LogP contribution < -0.4 is 10.2 Å². The minimum absolute atomic E-state index is 0.0315. The predicted octanol–water partition coefficient (Wildman–Crippen LogP) is 5.70. The molecule has 3 aromatic rings. The minimum atomic E-state index is -0.349. The molecule has 0 spiro atoms. The Morgan fingerprint density at radius 3 is 2.38 bits per heavy atom. The van der Waals surface area contributed by atoms with Gasteiger partial charge in [0.1, 0.15) is 5.82 Å². The number of furan rings is 1. The number of hydrogen-bond acceptors (Lipinski definition) is 4. The first kappa shape index (κ1) is 25.0. The van der Waals surface area contributed by atoms with E-state index < -0.39 is 0 Å². The Bertz CT molecular complexity index is 1110. The summed E-state index contributed by atoms with van der Waals surface area (Å²) in [7, 11) is 3.86. The van der Waals surface area contributed by atoms with Crippen molar-refractivity contribution in [3.63, 3.8) is 0 Å². The van der Waals surface area contributed by atoms with Crippen LogP contribution >= 0.6 is 0 Å². The highest BCUT2D eigenvalue weighted by molar-refractivity contribution is 6.02. The van der Waals surface area contributed by atoms with E-state index in [1.165, 1.54) is 18.4 Å². The maximum absolute atomic E-state index is 13.8. The van der Waals surface area contributed by atoms with E-state index in [4.69, 9.17) is 4.42 Å². The number of rotatable bonds is 10. The lowest BCUT2D eigenvalue weighted by molar-refractivity contribution is -0.137. The molecule has 0 bridgehead atoms. The molecule has 7 heteroatoms. The van der Waals surface area contributed by atoms with E-state index in [0.717, 1.165) is 29.7 Å². The quantitative estimate of drug-likeness (QED) is 0.417. The fourth-order valence-electron chi connectivity index (χ4n) is 4.00. The lowest BCUT2D eigenvalue weighted by Crippen LogP contribution is -2.35. The molecular weight excluding hydrogens is 433 g/mol. The molecule has 0 aliphatic rings. The second-order valence-corrected chi connectivity index (χ2v) is 8.51. The van der Waals surface area contributed by atoms with Gasteiger partial charge in [-0.1, -0.05) is 26.0 Å². The van der Waals surface area contributed by atoms with Crippen molar-refractivity contribution in [2.24, 2.45) is 5.92 Å². The van der Waals surface area contributed by atoms with E-state index in [1.54, 1.807) is 23.1 Å². The molecule has 0 unspecified atom stereocenters. The third-order valence-corrected chi connectivity index (χ3v) is 5.83. The molecule has 3 rings (SSSR count). The lowest BCUT2D eigenvalue weighted by atomic mass is 10.0.